The monoisotopic (exact) mass is 411 g/mol. The van der Waals surface area contributed by atoms with E-state index in [0.29, 0.717) is 18.0 Å². The zero-order valence-corrected chi connectivity index (χ0v) is 17.0. The van der Waals surface area contributed by atoms with E-state index in [9.17, 15) is 9.59 Å². The molecule has 2 fully saturated rings. The van der Waals surface area contributed by atoms with Gasteiger partial charge in [-0.25, -0.2) is 0 Å². The molecule has 2 aliphatic rings. The predicted octanol–water partition coefficient (Wildman–Crippen LogP) is 4.05. The standard InChI is InChI=1S/C20H27Cl2N3O2/c21-19(22)20(27)23-16-6-8-17(9-7-16)24-11-13-25(14-12-24)18(26)10-5-15-3-1-2-4-15/h6-9,15,19H,1-5,10-14H2,(H,23,27). The van der Waals surface area contributed by atoms with Crippen molar-refractivity contribution < 1.29 is 9.59 Å². The molecule has 0 unspecified atom stereocenters. The van der Waals surface area contributed by atoms with Crippen molar-refractivity contribution in [2.45, 2.75) is 43.4 Å². The molecule has 3 rings (SSSR count). The zero-order chi connectivity index (χ0) is 19.2. The molecule has 148 valence electrons. The van der Waals surface area contributed by atoms with E-state index >= 15 is 0 Å². The van der Waals surface area contributed by atoms with Gasteiger partial charge in [-0.3, -0.25) is 9.59 Å². The maximum Gasteiger partial charge on any atom is 0.257 e. The molecule has 1 aromatic carbocycles. The smallest absolute Gasteiger partial charge is 0.257 e. The van der Waals surface area contributed by atoms with Crippen molar-refractivity contribution >= 4 is 46.4 Å². The molecule has 27 heavy (non-hydrogen) atoms. The molecule has 2 amide bonds. The third-order valence-corrected chi connectivity index (χ3v) is 5.97. The van der Waals surface area contributed by atoms with Crippen LogP contribution >= 0.6 is 23.2 Å². The number of amides is 2. The van der Waals surface area contributed by atoms with Crippen LogP contribution in [-0.4, -0.2) is 47.7 Å². The van der Waals surface area contributed by atoms with Crippen LogP contribution in [-0.2, 0) is 9.59 Å². The third-order valence-electron chi connectivity index (χ3n) is 5.57. The van der Waals surface area contributed by atoms with Gasteiger partial charge in [0.25, 0.3) is 5.91 Å². The van der Waals surface area contributed by atoms with E-state index in [4.69, 9.17) is 23.2 Å². The van der Waals surface area contributed by atoms with Crippen LogP contribution in [0.3, 0.4) is 0 Å². The molecular formula is C20H27Cl2N3O2. The van der Waals surface area contributed by atoms with Crippen molar-refractivity contribution in [2.75, 3.05) is 36.4 Å². The number of carbonyl (C=O) groups is 2. The summed E-state index contributed by atoms with van der Waals surface area (Å²) >= 11 is 11.1. The van der Waals surface area contributed by atoms with E-state index in [-0.39, 0.29) is 0 Å². The minimum absolute atomic E-state index is 0.302. The van der Waals surface area contributed by atoms with Crippen molar-refractivity contribution in [2.24, 2.45) is 5.92 Å². The number of alkyl halides is 2. The fourth-order valence-electron chi connectivity index (χ4n) is 3.95. The van der Waals surface area contributed by atoms with E-state index in [1.54, 1.807) is 0 Å². The van der Waals surface area contributed by atoms with Crippen molar-refractivity contribution in [3.05, 3.63) is 24.3 Å². The summed E-state index contributed by atoms with van der Waals surface area (Å²) in [6.45, 7) is 3.18. The molecule has 1 saturated carbocycles. The highest BCUT2D eigenvalue weighted by molar-refractivity contribution is 6.54. The molecule has 1 N–H and O–H groups in total. The lowest BCUT2D eigenvalue weighted by Gasteiger charge is -2.36. The summed E-state index contributed by atoms with van der Waals surface area (Å²) in [6, 6.07) is 7.60. The van der Waals surface area contributed by atoms with Crippen LogP contribution in [0.5, 0.6) is 0 Å². The Morgan fingerprint density at radius 2 is 1.67 bits per heavy atom. The number of halogens is 2. The van der Waals surface area contributed by atoms with Gasteiger partial charge in [-0.15, -0.1) is 0 Å². The molecule has 5 nitrogen and oxygen atoms in total. The fraction of sp³-hybridized carbons (Fsp3) is 0.600. The first-order valence-corrected chi connectivity index (χ1v) is 10.6. The molecule has 0 spiro atoms. The van der Waals surface area contributed by atoms with Gasteiger partial charge in [-0.2, -0.15) is 0 Å². The summed E-state index contributed by atoms with van der Waals surface area (Å²) < 4.78 is 0. The average molecular weight is 412 g/mol. The zero-order valence-electron chi connectivity index (χ0n) is 15.5. The molecule has 0 aromatic heterocycles. The quantitative estimate of drug-likeness (QED) is 0.718. The Hall–Kier alpha value is -1.46. The van der Waals surface area contributed by atoms with Gasteiger partial charge in [0.05, 0.1) is 0 Å². The minimum Gasteiger partial charge on any atom is -0.368 e. The van der Waals surface area contributed by atoms with Gasteiger partial charge in [-0.1, -0.05) is 48.9 Å². The first kappa shape index (κ1) is 20.3. The van der Waals surface area contributed by atoms with Crippen molar-refractivity contribution in [1.29, 1.82) is 0 Å². The Balaban J connectivity index is 1.44. The maximum atomic E-state index is 12.4. The first-order chi connectivity index (χ1) is 13.0. The first-order valence-electron chi connectivity index (χ1n) is 9.75. The number of hydrogen-bond donors (Lipinski definition) is 1. The number of piperazine rings is 1. The molecule has 1 saturated heterocycles. The van der Waals surface area contributed by atoms with Gasteiger partial charge < -0.3 is 15.1 Å². The number of carbonyl (C=O) groups excluding carboxylic acids is 2. The Kier molecular flexibility index (Phi) is 7.25. The lowest BCUT2D eigenvalue weighted by atomic mass is 10.0. The van der Waals surface area contributed by atoms with E-state index in [1.165, 1.54) is 25.7 Å². The summed E-state index contributed by atoms with van der Waals surface area (Å²) in [5, 5.41) is 2.66. The second kappa shape index (κ2) is 9.65. The minimum atomic E-state index is -1.08. The maximum absolute atomic E-state index is 12.4. The summed E-state index contributed by atoms with van der Waals surface area (Å²) in [4.78, 5) is 27.1. The van der Waals surface area contributed by atoms with Crippen LogP contribution in [0.1, 0.15) is 38.5 Å². The third kappa shape index (κ3) is 5.76. The van der Waals surface area contributed by atoms with Crippen molar-refractivity contribution in [3.8, 4) is 0 Å². The van der Waals surface area contributed by atoms with E-state index < -0.39 is 10.7 Å². The Labute approximate surface area is 171 Å². The van der Waals surface area contributed by atoms with Gasteiger partial charge in [0.1, 0.15) is 0 Å². The van der Waals surface area contributed by atoms with E-state index in [2.05, 4.69) is 10.2 Å². The van der Waals surface area contributed by atoms with Gasteiger partial charge in [0.15, 0.2) is 4.84 Å². The van der Waals surface area contributed by atoms with Gasteiger partial charge >= 0.3 is 0 Å². The lowest BCUT2D eigenvalue weighted by molar-refractivity contribution is -0.131. The average Bonchev–Trinajstić information content (AvgIpc) is 3.20. The molecule has 0 radical (unpaired) electrons. The topological polar surface area (TPSA) is 52.7 Å². The lowest BCUT2D eigenvalue weighted by Crippen LogP contribution is -2.48. The predicted molar refractivity (Wildman–Crippen MR) is 111 cm³/mol. The van der Waals surface area contributed by atoms with Gasteiger partial charge in [0, 0.05) is 44.0 Å². The molecular weight excluding hydrogens is 385 g/mol. The second-order valence-electron chi connectivity index (χ2n) is 7.39. The fourth-order valence-corrected chi connectivity index (χ4v) is 4.06. The highest BCUT2D eigenvalue weighted by Crippen LogP contribution is 2.29. The van der Waals surface area contributed by atoms with Crippen LogP contribution in [0.25, 0.3) is 0 Å². The van der Waals surface area contributed by atoms with Crippen LogP contribution in [0, 0.1) is 5.92 Å². The molecule has 1 aliphatic heterocycles. The highest BCUT2D eigenvalue weighted by Gasteiger charge is 2.23. The number of hydrogen-bond acceptors (Lipinski definition) is 3. The molecule has 0 bridgehead atoms. The van der Waals surface area contributed by atoms with Crippen LogP contribution in [0.4, 0.5) is 11.4 Å². The number of rotatable bonds is 6. The summed E-state index contributed by atoms with van der Waals surface area (Å²) in [7, 11) is 0. The second-order valence-corrected chi connectivity index (χ2v) is 8.49. The number of nitrogens with one attached hydrogen (secondary N) is 1. The number of benzene rings is 1. The Morgan fingerprint density at radius 3 is 2.26 bits per heavy atom. The molecule has 7 heteroatoms. The van der Waals surface area contributed by atoms with Gasteiger partial charge in [-0.05, 0) is 36.6 Å². The van der Waals surface area contributed by atoms with Crippen LogP contribution in [0.15, 0.2) is 24.3 Å². The normalized spacial score (nSPS) is 18.2. The Bertz CT molecular complexity index is 637. The molecule has 1 aliphatic carbocycles. The highest BCUT2D eigenvalue weighted by atomic mass is 35.5. The van der Waals surface area contributed by atoms with Gasteiger partial charge in [0.2, 0.25) is 5.91 Å². The summed E-state index contributed by atoms with van der Waals surface area (Å²) in [5.41, 5.74) is 1.75. The van der Waals surface area contributed by atoms with E-state index in [1.807, 2.05) is 29.2 Å². The largest absolute Gasteiger partial charge is 0.368 e. The summed E-state index contributed by atoms with van der Waals surface area (Å²) in [5.74, 6) is 0.634. The number of anilines is 2. The molecule has 0 atom stereocenters. The molecule has 1 aromatic rings. The SMILES string of the molecule is O=C(Nc1ccc(N2CCN(C(=O)CCC3CCCC3)CC2)cc1)C(Cl)Cl. The van der Waals surface area contributed by atoms with E-state index in [0.717, 1.165) is 44.2 Å². The van der Waals surface area contributed by atoms with Crippen molar-refractivity contribution in [3.63, 3.8) is 0 Å². The van der Waals surface area contributed by atoms with Crippen LogP contribution in [0.2, 0.25) is 0 Å². The molecule has 1 heterocycles. The number of nitrogens with zero attached hydrogens (tertiary/aromatic N) is 2. The van der Waals surface area contributed by atoms with Crippen molar-refractivity contribution in [1.82, 2.24) is 4.90 Å². The Morgan fingerprint density at radius 1 is 1.04 bits per heavy atom. The van der Waals surface area contributed by atoms with Crippen LogP contribution < -0.4 is 10.2 Å². The summed E-state index contributed by atoms with van der Waals surface area (Å²) in [6.07, 6.45) is 7.01.